The van der Waals surface area contributed by atoms with E-state index in [1.54, 1.807) is 24.5 Å². The van der Waals surface area contributed by atoms with E-state index in [9.17, 15) is 4.79 Å². The second-order valence-electron chi connectivity index (χ2n) is 6.30. The van der Waals surface area contributed by atoms with Gasteiger partial charge >= 0.3 is 0 Å². The molecule has 0 unspecified atom stereocenters. The number of pyridine rings is 1. The van der Waals surface area contributed by atoms with Gasteiger partial charge in [0.15, 0.2) is 5.82 Å². The summed E-state index contributed by atoms with van der Waals surface area (Å²) in [6, 6.07) is 14.9. The van der Waals surface area contributed by atoms with Crippen molar-refractivity contribution in [1.29, 1.82) is 0 Å². The number of aromatic nitrogens is 3. The first kappa shape index (κ1) is 17.4. The van der Waals surface area contributed by atoms with Gasteiger partial charge in [-0.1, -0.05) is 23.7 Å². The number of amides is 1. The minimum Gasteiger partial charge on any atom is -0.352 e. The van der Waals surface area contributed by atoms with Gasteiger partial charge in [-0.15, -0.1) is 10.2 Å². The smallest absolute Gasteiger partial charge is 0.254 e. The molecule has 7 heteroatoms. The van der Waals surface area contributed by atoms with Crippen molar-refractivity contribution in [2.75, 3.05) is 31.1 Å². The minimum atomic E-state index is 0.0428. The molecule has 3 heterocycles. The molecule has 0 radical (unpaired) electrons. The molecule has 6 nitrogen and oxygen atoms in total. The van der Waals surface area contributed by atoms with Crippen molar-refractivity contribution in [3.05, 3.63) is 71.5 Å². The summed E-state index contributed by atoms with van der Waals surface area (Å²) in [6.07, 6.45) is 3.28. The second kappa shape index (κ2) is 7.72. The van der Waals surface area contributed by atoms with Gasteiger partial charge < -0.3 is 9.80 Å². The fraction of sp³-hybridized carbons (Fsp3) is 0.200. The van der Waals surface area contributed by atoms with Crippen molar-refractivity contribution in [2.24, 2.45) is 0 Å². The monoisotopic (exact) mass is 379 g/mol. The summed E-state index contributed by atoms with van der Waals surface area (Å²) in [5, 5.41) is 9.39. The first-order valence-corrected chi connectivity index (χ1v) is 9.12. The molecule has 0 saturated carbocycles. The van der Waals surface area contributed by atoms with Gasteiger partial charge in [-0.2, -0.15) is 0 Å². The van der Waals surface area contributed by atoms with Crippen molar-refractivity contribution < 1.29 is 4.79 Å². The molecule has 0 bridgehead atoms. The van der Waals surface area contributed by atoms with E-state index in [0.29, 0.717) is 23.7 Å². The van der Waals surface area contributed by atoms with Crippen LogP contribution in [0.25, 0.3) is 11.3 Å². The lowest BCUT2D eigenvalue weighted by Crippen LogP contribution is -2.49. The molecule has 0 spiro atoms. The predicted octanol–water partition coefficient (Wildman–Crippen LogP) is 3.15. The van der Waals surface area contributed by atoms with Crippen LogP contribution in [0.3, 0.4) is 0 Å². The third-order valence-corrected chi connectivity index (χ3v) is 4.86. The minimum absolute atomic E-state index is 0.0428. The maximum Gasteiger partial charge on any atom is 0.254 e. The Morgan fingerprint density at radius 3 is 2.19 bits per heavy atom. The van der Waals surface area contributed by atoms with Gasteiger partial charge in [0.05, 0.1) is 5.69 Å². The number of benzene rings is 1. The van der Waals surface area contributed by atoms with E-state index in [1.165, 1.54) is 0 Å². The lowest BCUT2D eigenvalue weighted by atomic mass is 10.1. The third-order valence-electron chi connectivity index (χ3n) is 4.61. The van der Waals surface area contributed by atoms with Gasteiger partial charge in [0.25, 0.3) is 5.91 Å². The molecular formula is C20H18ClN5O. The molecule has 1 saturated heterocycles. The maximum absolute atomic E-state index is 12.5. The molecule has 0 aliphatic carbocycles. The molecule has 27 heavy (non-hydrogen) atoms. The van der Waals surface area contributed by atoms with Crippen molar-refractivity contribution in [2.45, 2.75) is 0 Å². The molecule has 1 aliphatic rings. The number of nitrogens with zero attached hydrogens (tertiary/aromatic N) is 5. The first-order valence-electron chi connectivity index (χ1n) is 8.74. The highest BCUT2D eigenvalue weighted by atomic mass is 35.5. The molecule has 1 aromatic carbocycles. The number of hydrogen-bond acceptors (Lipinski definition) is 5. The second-order valence-corrected chi connectivity index (χ2v) is 6.74. The molecular weight excluding hydrogens is 362 g/mol. The molecule has 1 aliphatic heterocycles. The first-order chi connectivity index (χ1) is 13.2. The molecule has 0 atom stereocenters. The summed E-state index contributed by atoms with van der Waals surface area (Å²) in [4.78, 5) is 20.5. The Morgan fingerprint density at radius 1 is 0.852 bits per heavy atom. The lowest BCUT2D eigenvalue weighted by molar-refractivity contribution is 0.0746. The zero-order valence-electron chi connectivity index (χ0n) is 14.6. The van der Waals surface area contributed by atoms with Crippen LogP contribution in [0.2, 0.25) is 5.02 Å². The van der Waals surface area contributed by atoms with Crippen molar-refractivity contribution in [3.8, 4) is 11.3 Å². The van der Waals surface area contributed by atoms with Crippen molar-refractivity contribution in [1.82, 2.24) is 20.1 Å². The molecule has 4 rings (SSSR count). The van der Waals surface area contributed by atoms with Gasteiger partial charge in [-0.25, -0.2) is 0 Å². The van der Waals surface area contributed by atoms with E-state index in [1.807, 2.05) is 41.3 Å². The van der Waals surface area contributed by atoms with Crippen molar-refractivity contribution >= 4 is 23.3 Å². The highest BCUT2D eigenvalue weighted by Gasteiger charge is 2.23. The van der Waals surface area contributed by atoms with Crippen LogP contribution >= 0.6 is 11.6 Å². The van der Waals surface area contributed by atoms with E-state index >= 15 is 0 Å². The number of carbonyl (C=O) groups excluding carboxylic acids is 1. The number of carbonyl (C=O) groups is 1. The van der Waals surface area contributed by atoms with Crippen LogP contribution in [0.1, 0.15) is 10.4 Å². The molecule has 1 fully saturated rings. The maximum atomic E-state index is 12.5. The van der Waals surface area contributed by atoms with Gasteiger partial charge in [-0.05, 0) is 36.4 Å². The van der Waals surface area contributed by atoms with E-state index in [4.69, 9.17) is 11.6 Å². The van der Waals surface area contributed by atoms with Crippen LogP contribution in [0, 0.1) is 0 Å². The number of anilines is 1. The zero-order valence-corrected chi connectivity index (χ0v) is 15.4. The lowest BCUT2D eigenvalue weighted by Gasteiger charge is -2.35. The van der Waals surface area contributed by atoms with Crippen LogP contribution in [0.4, 0.5) is 5.82 Å². The predicted molar refractivity (Wildman–Crippen MR) is 105 cm³/mol. The van der Waals surface area contributed by atoms with E-state index in [2.05, 4.69) is 20.1 Å². The number of piperazine rings is 1. The summed E-state index contributed by atoms with van der Waals surface area (Å²) < 4.78 is 0. The Hall–Kier alpha value is -2.99. The number of rotatable bonds is 3. The molecule has 1 amide bonds. The molecule has 2 aromatic heterocycles. The van der Waals surface area contributed by atoms with Crippen LogP contribution in [-0.2, 0) is 0 Å². The summed E-state index contributed by atoms with van der Waals surface area (Å²) >= 11 is 5.93. The van der Waals surface area contributed by atoms with E-state index in [-0.39, 0.29) is 5.91 Å². The Balaban J connectivity index is 1.39. The van der Waals surface area contributed by atoms with Crippen LogP contribution in [-0.4, -0.2) is 52.2 Å². The van der Waals surface area contributed by atoms with Gasteiger partial charge in [0.1, 0.15) is 0 Å². The van der Waals surface area contributed by atoms with Crippen molar-refractivity contribution in [3.63, 3.8) is 0 Å². The van der Waals surface area contributed by atoms with Gasteiger partial charge in [0.2, 0.25) is 0 Å². The SMILES string of the molecule is O=C(c1ccncc1)N1CCN(c2ccc(-c3ccc(Cl)cc3)nn2)CC1. The average Bonchev–Trinajstić information content (AvgIpc) is 2.75. The highest BCUT2D eigenvalue weighted by molar-refractivity contribution is 6.30. The topological polar surface area (TPSA) is 62.2 Å². The Kier molecular flexibility index (Phi) is 4.98. The molecule has 3 aromatic rings. The Morgan fingerprint density at radius 2 is 1.56 bits per heavy atom. The zero-order chi connectivity index (χ0) is 18.6. The Bertz CT molecular complexity index is 907. The van der Waals surface area contributed by atoms with E-state index < -0.39 is 0 Å². The summed E-state index contributed by atoms with van der Waals surface area (Å²) in [5.41, 5.74) is 2.46. The highest BCUT2D eigenvalue weighted by Crippen LogP contribution is 2.21. The average molecular weight is 380 g/mol. The number of halogens is 1. The van der Waals surface area contributed by atoms with Gasteiger partial charge in [-0.3, -0.25) is 9.78 Å². The van der Waals surface area contributed by atoms with Crippen LogP contribution < -0.4 is 4.90 Å². The standard InChI is InChI=1S/C20H18ClN5O/c21-17-3-1-15(2-4-17)18-5-6-19(24-23-18)25-11-13-26(14-12-25)20(27)16-7-9-22-10-8-16/h1-10H,11-14H2. The molecule has 0 N–H and O–H groups in total. The summed E-state index contributed by atoms with van der Waals surface area (Å²) in [6.45, 7) is 2.77. The van der Waals surface area contributed by atoms with E-state index in [0.717, 1.165) is 30.2 Å². The van der Waals surface area contributed by atoms with Gasteiger partial charge in [0, 0.05) is 54.7 Å². The number of hydrogen-bond donors (Lipinski definition) is 0. The third kappa shape index (κ3) is 3.90. The fourth-order valence-electron chi connectivity index (χ4n) is 3.08. The normalized spacial score (nSPS) is 14.3. The van der Waals surface area contributed by atoms with Crippen LogP contribution in [0.5, 0.6) is 0 Å². The van der Waals surface area contributed by atoms with Crippen LogP contribution in [0.15, 0.2) is 60.9 Å². The summed E-state index contributed by atoms with van der Waals surface area (Å²) in [7, 11) is 0. The largest absolute Gasteiger partial charge is 0.352 e. The molecule has 136 valence electrons. The quantitative estimate of drug-likeness (QED) is 0.699. The Labute approximate surface area is 162 Å². The summed E-state index contributed by atoms with van der Waals surface area (Å²) in [5.74, 6) is 0.866. The fourth-order valence-corrected chi connectivity index (χ4v) is 3.21.